The molecule has 0 spiro atoms. The van der Waals surface area contributed by atoms with Crippen LogP contribution in [0.4, 0.5) is 5.82 Å². The van der Waals surface area contributed by atoms with Crippen molar-refractivity contribution in [3.8, 4) is 5.69 Å². The molecule has 0 saturated heterocycles. The summed E-state index contributed by atoms with van der Waals surface area (Å²) in [7, 11) is -1.92. The third-order valence-electron chi connectivity index (χ3n) is 4.85. The Bertz CT molecular complexity index is 1520. The normalized spacial score (nSPS) is 12.2. The van der Waals surface area contributed by atoms with Crippen LogP contribution in [0.2, 0.25) is 5.02 Å². The number of sulfonamides is 1. The first kappa shape index (κ1) is 21.3. The molecule has 9 nitrogen and oxygen atoms in total. The molecule has 0 fully saturated rings. The highest BCUT2D eigenvalue weighted by molar-refractivity contribution is 7.92. The Hall–Kier alpha value is -2.98. The summed E-state index contributed by atoms with van der Waals surface area (Å²) in [6, 6.07) is 6.79. The lowest BCUT2D eigenvalue weighted by Crippen LogP contribution is -2.25. The van der Waals surface area contributed by atoms with Crippen molar-refractivity contribution < 1.29 is 8.42 Å². The van der Waals surface area contributed by atoms with Crippen molar-refractivity contribution in [3.05, 3.63) is 51.2 Å². The average Bonchev–Trinajstić information content (AvgIpc) is 2.97. The second-order valence-electron chi connectivity index (χ2n) is 7.73. The van der Waals surface area contributed by atoms with Crippen LogP contribution in [-0.2, 0) is 17.1 Å². The zero-order valence-corrected chi connectivity index (χ0v) is 19.2. The van der Waals surface area contributed by atoms with Crippen LogP contribution in [0.1, 0.15) is 31.3 Å². The van der Waals surface area contributed by atoms with Crippen LogP contribution in [0.5, 0.6) is 0 Å². The molecule has 4 rings (SSSR count). The molecule has 11 heteroatoms. The van der Waals surface area contributed by atoms with Gasteiger partial charge in [-0.2, -0.15) is 5.10 Å². The summed E-state index contributed by atoms with van der Waals surface area (Å²) in [5.74, 6) is 0.530. The van der Waals surface area contributed by atoms with E-state index >= 15 is 0 Å². The molecular formula is C20H21ClN6O3S. The first-order valence-corrected chi connectivity index (χ1v) is 11.8. The maximum absolute atomic E-state index is 13.5. The van der Waals surface area contributed by atoms with Gasteiger partial charge >= 0.3 is 0 Å². The minimum Gasteiger partial charge on any atom is -0.268 e. The van der Waals surface area contributed by atoms with Crippen LogP contribution in [0, 0.1) is 6.92 Å². The number of anilines is 1. The molecule has 0 aliphatic heterocycles. The van der Waals surface area contributed by atoms with Crippen LogP contribution in [-0.4, -0.2) is 39.0 Å². The summed E-state index contributed by atoms with van der Waals surface area (Å²) in [6.45, 7) is 5.72. The summed E-state index contributed by atoms with van der Waals surface area (Å²) < 4.78 is 29.0. The number of benzene rings is 1. The van der Waals surface area contributed by atoms with Crippen molar-refractivity contribution in [3.63, 3.8) is 0 Å². The van der Waals surface area contributed by atoms with E-state index in [1.165, 1.54) is 9.25 Å². The van der Waals surface area contributed by atoms with Gasteiger partial charge in [0.25, 0.3) is 5.56 Å². The largest absolute Gasteiger partial charge is 0.268 e. The van der Waals surface area contributed by atoms with E-state index in [2.05, 4.69) is 19.8 Å². The minimum absolute atomic E-state index is 0.0908. The SMILES string of the molecule is Cc1ccc2c(=O)n(-c3ccc(Cl)c4c(NS(C)(=O)=O)nn(C)c34)c(C(C)C)nc2n1. The summed E-state index contributed by atoms with van der Waals surface area (Å²) >= 11 is 6.42. The number of hydrogen-bond acceptors (Lipinski definition) is 6. The highest BCUT2D eigenvalue weighted by Gasteiger charge is 2.23. The summed E-state index contributed by atoms with van der Waals surface area (Å²) in [5, 5.41) is 5.39. The zero-order chi connectivity index (χ0) is 22.7. The standard InChI is InChI=1S/C20H21ClN6O3S/c1-10(2)19-23-17-12(7-6-11(3)22-17)20(28)27(19)14-9-8-13(21)15-16(14)26(4)24-18(15)25-31(5,29)30/h6-10H,1-5H3,(H,24,25). The van der Waals surface area contributed by atoms with Gasteiger partial charge in [-0.3, -0.25) is 18.8 Å². The Morgan fingerprint density at radius 1 is 1.13 bits per heavy atom. The third kappa shape index (κ3) is 3.66. The topological polar surface area (TPSA) is 112 Å². The van der Waals surface area contributed by atoms with Gasteiger partial charge < -0.3 is 0 Å². The quantitative estimate of drug-likeness (QED) is 0.500. The van der Waals surface area contributed by atoms with Crippen LogP contribution < -0.4 is 10.3 Å². The highest BCUT2D eigenvalue weighted by atomic mass is 35.5. The highest BCUT2D eigenvalue weighted by Crippen LogP contribution is 2.35. The van der Waals surface area contributed by atoms with Crippen molar-refractivity contribution in [2.24, 2.45) is 7.05 Å². The number of fused-ring (bicyclic) bond motifs is 2. The number of halogens is 1. The van der Waals surface area contributed by atoms with Gasteiger partial charge in [0.2, 0.25) is 10.0 Å². The summed E-state index contributed by atoms with van der Waals surface area (Å²) in [5.41, 5.74) is 1.88. The molecule has 0 radical (unpaired) electrons. The monoisotopic (exact) mass is 460 g/mol. The van der Waals surface area contributed by atoms with E-state index in [-0.39, 0.29) is 17.3 Å². The Morgan fingerprint density at radius 3 is 2.48 bits per heavy atom. The Morgan fingerprint density at radius 2 is 1.84 bits per heavy atom. The fourth-order valence-electron chi connectivity index (χ4n) is 3.58. The lowest BCUT2D eigenvalue weighted by Gasteiger charge is -2.17. The number of aryl methyl sites for hydroxylation is 2. The molecule has 3 aromatic heterocycles. The Labute approximate surface area is 183 Å². The molecule has 0 bridgehead atoms. The van der Waals surface area contributed by atoms with E-state index in [0.29, 0.717) is 38.5 Å². The molecular weight excluding hydrogens is 440 g/mol. The van der Waals surface area contributed by atoms with Gasteiger partial charge in [0, 0.05) is 18.7 Å². The van der Waals surface area contributed by atoms with Gasteiger partial charge in [0.15, 0.2) is 11.5 Å². The molecule has 31 heavy (non-hydrogen) atoms. The first-order valence-electron chi connectivity index (χ1n) is 9.51. The summed E-state index contributed by atoms with van der Waals surface area (Å²) in [6.07, 6.45) is 1.04. The van der Waals surface area contributed by atoms with Crippen molar-refractivity contribution in [1.29, 1.82) is 0 Å². The number of nitrogens with one attached hydrogen (secondary N) is 1. The van der Waals surface area contributed by atoms with E-state index in [0.717, 1.165) is 11.9 Å². The zero-order valence-electron chi connectivity index (χ0n) is 17.6. The Kier molecular flexibility index (Phi) is 5.01. The molecule has 0 unspecified atom stereocenters. The van der Waals surface area contributed by atoms with E-state index in [4.69, 9.17) is 11.6 Å². The number of aromatic nitrogens is 5. The van der Waals surface area contributed by atoms with Crippen LogP contribution in [0.25, 0.3) is 27.6 Å². The van der Waals surface area contributed by atoms with E-state index < -0.39 is 10.0 Å². The predicted octanol–water partition coefficient (Wildman–Crippen LogP) is 3.12. The van der Waals surface area contributed by atoms with Crippen LogP contribution in [0.3, 0.4) is 0 Å². The third-order valence-corrected chi connectivity index (χ3v) is 5.73. The molecule has 1 N–H and O–H groups in total. The van der Waals surface area contributed by atoms with Crippen molar-refractivity contribution in [2.45, 2.75) is 26.7 Å². The van der Waals surface area contributed by atoms with Crippen molar-refractivity contribution >= 4 is 49.4 Å². The molecule has 0 amide bonds. The maximum Gasteiger partial charge on any atom is 0.267 e. The van der Waals surface area contributed by atoms with Crippen LogP contribution >= 0.6 is 11.6 Å². The summed E-state index contributed by atoms with van der Waals surface area (Å²) in [4.78, 5) is 22.6. The van der Waals surface area contributed by atoms with Gasteiger partial charge in [-0.15, -0.1) is 0 Å². The second kappa shape index (κ2) is 7.31. The molecule has 3 heterocycles. The molecule has 162 valence electrons. The molecule has 1 aromatic carbocycles. The number of pyridine rings is 1. The number of rotatable bonds is 4. The number of hydrogen-bond donors (Lipinski definition) is 1. The predicted molar refractivity (Wildman–Crippen MR) is 122 cm³/mol. The first-order chi connectivity index (χ1) is 14.5. The van der Waals surface area contributed by atoms with Gasteiger partial charge in [0.1, 0.15) is 5.82 Å². The van der Waals surface area contributed by atoms with Gasteiger partial charge in [-0.1, -0.05) is 25.4 Å². The fraction of sp³-hybridized carbons (Fsp3) is 0.300. The van der Waals surface area contributed by atoms with Gasteiger partial charge in [0.05, 0.1) is 33.3 Å². The average molecular weight is 461 g/mol. The molecule has 0 aliphatic rings. The van der Waals surface area contributed by atoms with E-state index in [1.54, 1.807) is 31.3 Å². The van der Waals surface area contributed by atoms with E-state index in [9.17, 15) is 13.2 Å². The lowest BCUT2D eigenvalue weighted by atomic mass is 10.1. The smallest absolute Gasteiger partial charge is 0.267 e. The second-order valence-corrected chi connectivity index (χ2v) is 9.88. The van der Waals surface area contributed by atoms with Crippen LogP contribution in [0.15, 0.2) is 29.1 Å². The number of nitrogens with zero attached hydrogens (tertiary/aromatic N) is 5. The maximum atomic E-state index is 13.5. The van der Waals surface area contributed by atoms with Gasteiger partial charge in [-0.05, 0) is 31.2 Å². The van der Waals surface area contributed by atoms with Crippen molar-refractivity contribution in [2.75, 3.05) is 11.0 Å². The van der Waals surface area contributed by atoms with E-state index in [1.807, 2.05) is 20.8 Å². The molecule has 0 saturated carbocycles. The van der Waals surface area contributed by atoms with Crippen molar-refractivity contribution in [1.82, 2.24) is 24.3 Å². The molecule has 0 aliphatic carbocycles. The molecule has 0 atom stereocenters. The lowest BCUT2D eigenvalue weighted by molar-refractivity contribution is 0.606. The fourth-order valence-corrected chi connectivity index (χ4v) is 4.32. The van der Waals surface area contributed by atoms with Gasteiger partial charge in [-0.25, -0.2) is 18.4 Å². The Balaban J connectivity index is 2.14. The molecule has 4 aromatic rings. The minimum atomic E-state index is -3.59.